The third-order valence-corrected chi connectivity index (χ3v) is 5.76. The van der Waals surface area contributed by atoms with Crippen molar-refractivity contribution in [2.75, 3.05) is 11.1 Å². The van der Waals surface area contributed by atoms with Gasteiger partial charge in [0, 0.05) is 5.69 Å². The fourth-order valence-corrected chi connectivity index (χ4v) is 3.84. The third kappa shape index (κ3) is 5.82. The number of carbonyl (C=O) groups is 1. The number of aryl methyl sites for hydroxylation is 1. The molecular weight excluding hydrogens is 350 g/mol. The van der Waals surface area contributed by atoms with Crippen LogP contribution in [0.5, 0.6) is 0 Å². The van der Waals surface area contributed by atoms with Crippen LogP contribution in [0.3, 0.4) is 0 Å². The zero-order valence-corrected chi connectivity index (χ0v) is 17.7. The van der Waals surface area contributed by atoms with Gasteiger partial charge in [-0.2, -0.15) is 0 Å². The second-order valence-electron chi connectivity index (χ2n) is 8.22. The summed E-state index contributed by atoms with van der Waals surface area (Å²) in [6.07, 6.45) is 0. The summed E-state index contributed by atoms with van der Waals surface area (Å²) in [4.78, 5) is 12.3. The Bertz CT molecular complexity index is 723. The van der Waals surface area contributed by atoms with Gasteiger partial charge in [-0.25, -0.2) is 0 Å². The van der Waals surface area contributed by atoms with Crippen LogP contribution in [-0.2, 0) is 15.6 Å². The van der Waals surface area contributed by atoms with Gasteiger partial charge in [0.05, 0.1) is 5.75 Å². The van der Waals surface area contributed by atoms with Crippen LogP contribution in [0.1, 0.15) is 57.7 Å². The summed E-state index contributed by atoms with van der Waals surface area (Å²) in [5, 5.41) is 12.0. The average molecular weight is 378 g/mol. The zero-order valence-electron chi connectivity index (χ0n) is 16.1. The minimum Gasteiger partial charge on any atom is -0.325 e. The lowest BCUT2D eigenvalue weighted by atomic mass is 9.80. The van der Waals surface area contributed by atoms with Gasteiger partial charge < -0.3 is 5.32 Å². The van der Waals surface area contributed by atoms with Crippen LogP contribution < -0.4 is 5.32 Å². The highest BCUT2D eigenvalue weighted by atomic mass is 32.2. The molecule has 0 aliphatic rings. The minimum atomic E-state index is -0.0243. The Morgan fingerprint density at radius 1 is 1.04 bits per heavy atom. The van der Waals surface area contributed by atoms with Crippen LogP contribution in [0.4, 0.5) is 5.69 Å². The van der Waals surface area contributed by atoms with E-state index in [2.05, 4.69) is 75.3 Å². The van der Waals surface area contributed by atoms with Gasteiger partial charge in [0.2, 0.25) is 5.91 Å². The maximum Gasteiger partial charge on any atom is 0.234 e. The van der Waals surface area contributed by atoms with E-state index in [-0.39, 0.29) is 16.7 Å². The van der Waals surface area contributed by atoms with Gasteiger partial charge in [-0.05, 0) is 41.0 Å². The molecule has 1 heterocycles. The quantitative estimate of drug-likeness (QED) is 0.747. The lowest BCUT2D eigenvalue weighted by Gasteiger charge is -2.26. The number of nitrogens with zero attached hydrogens (tertiary/aromatic N) is 2. The Morgan fingerprint density at radius 2 is 1.60 bits per heavy atom. The SMILES string of the molecule is Cc1nnc(SCC(=O)Nc2cc(C(C)(C)C)cc(C(C)(C)C)c2)s1. The Balaban J connectivity index is 2.15. The van der Waals surface area contributed by atoms with Crippen LogP contribution in [0, 0.1) is 6.92 Å². The monoisotopic (exact) mass is 377 g/mol. The highest BCUT2D eigenvalue weighted by molar-refractivity contribution is 8.01. The molecule has 1 aromatic heterocycles. The van der Waals surface area contributed by atoms with Crippen molar-refractivity contribution < 1.29 is 4.79 Å². The van der Waals surface area contributed by atoms with Gasteiger partial charge in [0.1, 0.15) is 5.01 Å². The van der Waals surface area contributed by atoms with E-state index in [9.17, 15) is 4.79 Å². The lowest BCUT2D eigenvalue weighted by Crippen LogP contribution is -2.19. The van der Waals surface area contributed by atoms with Crippen LogP contribution in [0.2, 0.25) is 0 Å². The summed E-state index contributed by atoms with van der Waals surface area (Å²) in [5.74, 6) is 0.308. The molecule has 0 atom stereocenters. The van der Waals surface area contributed by atoms with Crippen LogP contribution >= 0.6 is 23.1 Å². The number of carbonyl (C=O) groups excluding carboxylic acids is 1. The maximum atomic E-state index is 12.3. The number of thioether (sulfide) groups is 1. The number of rotatable bonds is 4. The summed E-state index contributed by atoms with van der Waals surface area (Å²) in [6.45, 7) is 15.0. The number of anilines is 1. The molecule has 1 aromatic carbocycles. The van der Waals surface area contributed by atoms with Crippen molar-refractivity contribution in [3.05, 3.63) is 34.3 Å². The van der Waals surface area contributed by atoms with E-state index in [1.807, 2.05) is 6.92 Å². The predicted octanol–water partition coefficient (Wildman–Crippen LogP) is 5.17. The van der Waals surface area contributed by atoms with Crippen molar-refractivity contribution in [1.82, 2.24) is 10.2 Å². The fourth-order valence-electron chi connectivity index (χ4n) is 2.23. The first-order chi connectivity index (χ1) is 11.4. The molecule has 0 radical (unpaired) electrons. The topological polar surface area (TPSA) is 54.9 Å². The van der Waals surface area contributed by atoms with Gasteiger partial charge in [-0.15, -0.1) is 10.2 Å². The van der Waals surface area contributed by atoms with Gasteiger partial charge in [0.25, 0.3) is 0 Å². The molecule has 136 valence electrons. The molecular formula is C19H27N3OS2. The summed E-state index contributed by atoms with van der Waals surface area (Å²) in [5.41, 5.74) is 3.36. The first-order valence-corrected chi connectivity index (χ1v) is 10.1. The molecule has 1 amide bonds. The summed E-state index contributed by atoms with van der Waals surface area (Å²) >= 11 is 2.93. The van der Waals surface area contributed by atoms with E-state index >= 15 is 0 Å². The van der Waals surface area contributed by atoms with E-state index < -0.39 is 0 Å². The van der Waals surface area contributed by atoms with E-state index in [1.54, 1.807) is 0 Å². The summed E-state index contributed by atoms with van der Waals surface area (Å²) < 4.78 is 0.825. The lowest BCUT2D eigenvalue weighted by molar-refractivity contribution is -0.113. The fraction of sp³-hybridized carbons (Fsp3) is 0.526. The maximum absolute atomic E-state index is 12.3. The number of nitrogens with one attached hydrogen (secondary N) is 1. The second kappa shape index (κ2) is 7.46. The van der Waals surface area contributed by atoms with E-state index in [0.29, 0.717) is 5.75 Å². The standard InChI is InChI=1S/C19H27N3OS2/c1-12-21-22-17(25-12)24-11-16(23)20-15-9-13(18(2,3)4)8-14(10-15)19(5,6)7/h8-10H,11H2,1-7H3,(H,20,23). The number of hydrogen-bond donors (Lipinski definition) is 1. The predicted molar refractivity (Wildman–Crippen MR) is 108 cm³/mol. The number of hydrogen-bond acceptors (Lipinski definition) is 5. The highest BCUT2D eigenvalue weighted by Crippen LogP contribution is 2.32. The van der Waals surface area contributed by atoms with Crippen molar-refractivity contribution in [1.29, 1.82) is 0 Å². The molecule has 0 saturated heterocycles. The molecule has 2 rings (SSSR count). The number of amides is 1. The minimum absolute atomic E-state index is 0.0243. The molecule has 25 heavy (non-hydrogen) atoms. The molecule has 1 N–H and O–H groups in total. The van der Waals surface area contributed by atoms with Crippen LogP contribution in [0.15, 0.2) is 22.5 Å². The van der Waals surface area contributed by atoms with Crippen LogP contribution in [0.25, 0.3) is 0 Å². The molecule has 0 spiro atoms. The zero-order chi connectivity index (χ0) is 18.8. The smallest absolute Gasteiger partial charge is 0.234 e. The Kier molecular flexibility index (Phi) is 5.94. The highest BCUT2D eigenvalue weighted by Gasteiger charge is 2.21. The Hall–Kier alpha value is -1.40. The van der Waals surface area contributed by atoms with E-state index in [1.165, 1.54) is 34.2 Å². The van der Waals surface area contributed by atoms with Gasteiger partial charge in [-0.3, -0.25) is 4.79 Å². The van der Waals surface area contributed by atoms with Gasteiger partial charge in [0.15, 0.2) is 4.34 Å². The summed E-state index contributed by atoms with van der Waals surface area (Å²) in [7, 11) is 0. The van der Waals surface area contributed by atoms with E-state index in [0.717, 1.165) is 15.0 Å². The molecule has 0 unspecified atom stereocenters. The van der Waals surface area contributed by atoms with E-state index in [4.69, 9.17) is 0 Å². The number of benzene rings is 1. The molecule has 4 nitrogen and oxygen atoms in total. The number of aromatic nitrogens is 2. The second-order valence-corrected chi connectivity index (χ2v) is 10.6. The van der Waals surface area contributed by atoms with Crippen LogP contribution in [-0.4, -0.2) is 21.9 Å². The Labute approximate surface area is 158 Å². The van der Waals surface area contributed by atoms with Crippen molar-refractivity contribution in [3.8, 4) is 0 Å². The average Bonchev–Trinajstić information content (AvgIpc) is 2.89. The molecule has 0 aliphatic heterocycles. The van der Waals surface area contributed by atoms with Crippen molar-refractivity contribution in [2.45, 2.75) is 63.6 Å². The molecule has 0 saturated carbocycles. The first kappa shape index (κ1) is 19.9. The molecule has 0 bridgehead atoms. The third-order valence-electron chi connectivity index (χ3n) is 3.78. The van der Waals surface area contributed by atoms with Crippen molar-refractivity contribution in [3.63, 3.8) is 0 Å². The summed E-state index contributed by atoms with van der Waals surface area (Å²) in [6, 6.07) is 6.40. The van der Waals surface area contributed by atoms with Gasteiger partial charge >= 0.3 is 0 Å². The Morgan fingerprint density at radius 3 is 2.04 bits per heavy atom. The normalized spacial score (nSPS) is 12.3. The van der Waals surface area contributed by atoms with Crippen molar-refractivity contribution in [2.24, 2.45) is 0 Å². The van der Waals surface area contributed by atoms with Crippen molar-refractivity contribution >= 4 is 34.7 Å². The molecule has 0 fully saturated rings. The van der Waals surface area contributed by atoms with Gasteiger partial charge in [-0.1, -0.05) is 70.7 Å². The first-order valence-electron chi connectivity index (χ1n) is 8.34. The molecule has 6 heteroatoms. The molecule has 2 aromatic rings. The largest absolute Gasteiger partial charge is 0.325 e. The molecule has 0 aliphatic carbocycles.